The molecule has 2 aromatic rings. The lowest BCUT2D eigenvalue weighted by Gasteiger charge is -2.03. The number of H-pyrrole nitrogens is 1. The first-order valence-corrected chi connectivity index (χ1v) is 6.05. The van der Waals surface area contributed by atoms with Crippen LogP contribution in [0.5, 0.6) is 0 Å². The van der Waals surface area contributed by atoms with Gasteiger partial charge in [-0.1, -0.05) is 34.8 Å². The molecular formula is C10H6Cl3N5O. The second kappa shape index (κ2) is 6.01. The van der Waals surface area contributed by atoms with Crippen LogP contribution in [-0.4, -0.2) is 21.4 Å². The fraction of sp³-hybridized carbons (Fsp3) is 0. The van der Waals surface area contributed by atoms with Gasteiger partial charge in [0.1, 0.15) is 0 Å². The Morgan fingerprint density at radius 1 is 1.26 bits per heavy atom. The second-order valence-electron chi connectivity index (χ2n) is 3.30. The van der Waals surface area contributed by atoms with E-state index >= 15 is 0 Å². The molecular weight excluding hydrogens is 313 g/mol. The molecule has 0 unspecified atom stereocenters. The van der Waals surface area contributed by atoms with E-state index < -0.39 is 5.69 Å². The molecule has 9 heteroatoms. The number of nitrogens with zero attached hydrogens (tertiary/aromatic N) is 3. The number of anilines is 1. The number of halogens is 3. The molecule has 0 saturated heterocycles. The van der Waals surface area contributed by atoms with Gasteiger partial charge in [0, 0.05) is 5.56 Å². The molecule has 0 aliphatic rings. The van der Waals surface area contributed by atoms with E-state index in [1.807, 2.05) is 0 Å². The lowest BCUT2D eigenvalue weighted by Crippen LogP contribution is -2.13. The highest BCUT2D eigenvalue weighted by Crippen LogP contribution is 2.29. The zero-order chi connectivity index (χ0) is 13.8. The average Bonchev–Trinajstić information content (AvgIpc) is 2.38. The van der Waals surface area contributed by atoms with Crippen molar-refractivity contribution < 1.29 is 0 Å². The summed E-state index contributed by atoms with van der Waals surface area (Å²) >= 11 is 17.8. The SMILES string of the molecule is O=c1nc(N/N=C/c2c(Cl)ccc(Cl)c2Cl)cn[nH]1. The van der Waals surface area contributed by atoms with Crippen LogP contribution in [0.15, 0.2) is 28.2 Å². The molecule has 1 aromatic heterocycles. The van der Waals surface area contributed by atoms with Crippen molar-refractivity contribution in [3.63, 3.8) is 0 Å². The van der Waals surface area contributed by atoms with Gasteiger partial charge in [0.2, 0.25) is 0 Å². The number of hydrazone groups is 1. The van der Waals surface area contributed by atoms with E-state index in [0.717, 1.165) is 0 Å². The summed E-state index contributed by atoms with van der Waals surface area (Å²) < 4.78 is 0. The maximum Gasteiger partial charge on any atom is 0.363 e. The third-order valence-electron chi connectivity index (χ3n) is 2.02. The summed E-state index contributed by atoms with van der Waals surface area (Å²) in [6.45, 7) is 0. The molecule has 0 fully saturated rings. The quantitative estimate of drug-likeness (QED) is 0.517. The van der Waals surface area contributed by atoms with Gasteiger partial charge in [-0.15, -0.1) is 0 Å². The number of nitrogens with one attached hydrogen (secondary N) is 2. The van der Waals surface area contributed by atoms with Crippen molar-refractivity contribution in [2.45, 2.75) is 0 Å². The van der Waals surface area contributed by atoms with Crippen LogP contribution in [-0.2, 0) is 0 Å². The third kappa shape index (κ3) is 3.44. The van der Waals surface area contributed by atoms with E-state index in [2.05, 4.69) is 25.7 Å². The molecule has 0 spiro atoms. The van der Waals surface area contributed by atoms with Gasteiger partial charge in [-0.3, -0.25) is 5.43 Å². The number of hydrogen-bond donors (Lipinski definition) is 2. The van der Waals surface area contributed by atoms with Crippen molar-refractivity contribution in [1.29, 1.82) is 0 Å². The third-order valence-corrected chi connectivity index (χ3v) is 3.17. The highest BCUT2D eigenvalue weighted by atomic mass is 35.5. The van der Waals surface area contributed by atoms with Gasteiger partial charge in [0.05, 0.1) is 27.5 Å². The molecule has 0 aliphatic carbocycles. The molecule has 19 heavy (non-hydrogen) atoms. The zero-order valence-corrected chi connectivity index (χ0v) is 11.5. The van der Waals surface area contributed by atoms with Crippen LogP contribution in [0.2, 0.25) is 15.1 Å². The minimum Gasteiger partial charge on any atom is -0.260 e. The van der Waals surface area contributed by atoms with Gasteiger partial charge in [-0.05, 0) is 12.1 Å². The molecule has 0 atom stereocenters. The molecule has 0 radical (unpaired) electrons. The second-order valence-corrected chi connectivity index (χ2v) is 4.49. The van der Waals surface area contributed by atoms with Crippen molar-refractivity contribution in [2.75, 3.05) is 5.43 Å². The standard InChI is InChI=1S/C10H6Cl3N5O/c11-6-1-2-7(12)9(13)5(6)3-14-17-8-4-15-18-10(19)16-8/h1-4H,(H2,16,17,18,19)/b14-3+. The molecule has 98 valence electrons. The monoisotopic (exact) mass is 317 g/mol. The average molecular weight is 319 g/mol. The largest absolute Gasteiger partial charge is 0.363 e. The van der Waals surface area contributed by atoms with Gasteiger partial charge in [0.15, 0.2) is 5.82 Å². The highest BCUT2D eigenvalue weighted by molar-refractivity contribution is 6.45. The number of aromatic amines is 1. The molecule has 0 amide bonds. The Balaban J connectivity index is 2.20. The first-order chi connectivity index (χ1) is 9.08. The Hall–Kier alpha value is -1.63. The normalized spacial score (nSPS) is 10.9. The molecule has 1 heterocycles. The first kappa shape index (κ1) is 13.8. The summed E-state index contributed by atoms with van der Waals surface area (Å²) in [4.78, 5) is 14.5. The molecule has 2 N–H and O–H groups in total. The molecule has 1 aromatic carbocycles. The van der Waals surface area contributed by atoms with Crippen LogP contribution in [0.1, 0.15) is 5.56 Å². The summed E-state index contributed by atoms with van der Waals surface area (Å²) in [6.07, 6.45) is 2.68. The van der Waals surface area contributed by atoms with E-state index in [-0.39, 0.29) is 10.8 Å². The molecule has 0 bridgehead atoms. The van der Waals surface area contributed by atoms with Gasteiger partial charge in [0.25, 0.3) is 0 Å². The van der Waals surface area contributed by atoms with Crippen molar-refractivity contribution in [3.05, 3.63) is 49.4 Å². The van der Waals surface area contributed by atoms with E-state index in [0.29, 0.717) is 15.6 Å². The van der Waals surface area contributed by atoms with Crippen molar-refractivity contribution in [2.24, 2.45) is 5.10 Å². The summed E-state index contributed by atoms with van der Waals surface area (Å²) in [5.74, 6) is 0.189. The van der Waals surface area contributed by atoms with E-state index in [1.54, 1.807) is 12.1 Å². The fourth-order valence-corrected chi connectivity index (χ4v) is 1.82. The zero-order valence-electron chi connectivity index (χ0n) is 9.19. The number of rotatable bonds is 3. The lowest BCUT2D eigenvalue weighted by atomic mass is 10.2. The molecule has 0 saturated carbocycles. The fourth-order valence-electron chi connectivity index (χ4n) is 1.19. The van der Waals surface area contributed by atoms with E-state index in [4.69, 9.17) is 34.8 Å². The maximum atomic E-state index is 10.9. The smallest absolute Gasteiger partial charge is 0.260 e. The maximum absolute atomic E-state index is 10.9. The first-order valence-electron chi connectivity index (χ1n) is 4.92. The predicted octanol–water partition coefficient (Wildman–Crippen LogP) is 2.57. The summed E-state index contributed by atoms with van der Waals surface area (Å²) in [6, 6.07) is 3.18. The molecule has 0 aliphatic heterocycles. The van der Waals surface area contributed by atoms with Crippen LogP contribution in [0.3, 0.4) is 0 Å². The van der Waals surface area contributed by atoms with Crippen LogP contribution in [0, 0.1) is 0 Å². The Morgan fingerprint density at radius 2 is 2.00 bits per heavy atom. The summed E-state index contributed by atoms with van der Waals surface area (Å²) in [5, 5.41) is 10.6. The van der Waals surface area contributed by atoms with Gasteiger partial charge in [-0.2, -0.15) is 15.2 Å². The Kier molecular flexibility index (Phi) is 4.36. The lowest BCUT2D eigenvalue weighted by molar-refractivity contribution is 0.913. The van der Waals surface area contributed by atoms with Crippen LogP contribution in [0.25, 0.3) is 0 Å². The molecule has 6 nitrogen and oxygen atoms in total. The van der Waals surface area contributed by atoms with E-state index in [9.17, 15) is 4.79 Å². The van der Waals surface area contributed by atoms with Crippen LogP contribution >= 0.6 is 34.8 Å². The number of aromatic nitrogens is 3. The number of hydrogen-bond acceptors (Lipinski definition) is 5. The van der Waals surface area contributed by atoms with Crippen molar-refractivity contribution >= 4 is 46.8 Å². The van der Waals surface area contributed by atoms with Gasteiger partial charge in [-0.25, -0.2) is 9.89 Å². The van der Waals surface area contributed by atoms with Crippen LogP contribution < -0.4 is 11.1 Å². The van der Waals surface area contributed by atoms with Crippen LogP contribution in [0.4, 0.5) is 5.82 Å². The Bertz CT molecular complexity index is 685. The van der Waals surface area contributed by atoms with Gasteiger partial charge >= 0.3 is 5.69 Å². The minimum absolute atomic E-state index is 0.189. The van der Waals surface area contributed by atoms with Crippen molar-refractivity contribution in [1.82, 2.24) is 15.2 Å². The number of benzene rings is 1. The molecule has 2 rings (SSSR count). The van der Waals surface area contributed by atoms with Gasteiger partial charge < -0.3 is 0 Å². The van der Waals surface area contributed by atoms with Crippen molar-refractivity contribution in [3.8, 4) is 0 Å². The summed E-state index contributed by atoms with van der Waals surface area (Å²) in [7, 11) is 0. The van der Waals surface area contributed by atoms with E-state index in [1.165, 1.54) is 12.4 Å². The predicted molar refractivity (Wildman–Crippen MR) is 75.3 cm³/mol. The summed E-state index contributed by atoms with van der Waals surface area (Å²) in [5.41, 5.74) is 2.40. The Labute approximate surface area is 122 Å². The topological polar surface area (TPSA) is 83.0 Å². The Morgan fingerprint density at radius 3 is 2.74 bits per heavy atom. The highest BCUT2D eigenvalue weighted by Gasteiger charge is 2.07. The minimum atomic E-state index is -0.584.